The molecule has 0 radical (unpaired) electrons. The highest BCUT2D eigenvalue weighted by Gasteiger charge is 2.11. The number of rotatable bonds is 6. The number of benzene rings is 1. The van der Waals surface area contributed by atoms with Gasteiger partial charge in [-0.25, -0.2) is 0 Å². The summed E-state index contributed by atoms with van der Waals surface area (Å²) in [5.41, 5.74) is 1.24. The summed E-state index contributed by atoms with van der Waals surface area (Å²) in [5.74, 6) is -1.57. The van der Waals surface area contributed by atoms with Crippen molar-refractivity contribution < 1.29 is 19.8 Å². The van der Waals surface area contributed by atoms with E-state index in [0.717, 1.165) is 5.56 Å². The quantitative estimate of drug-likeness (QED) is 0.704. The Morgan fingerprint density at radius 1 is 1.28 bits per heavy atom. The predicted molar refractivity (Wildman–Crippen MR) is 66.1 cm³/mol. The fourth-order valence-corrected chi connectivity index (χ4v) is 1.39. The molecule has 0 aliphatic heterocycles. The van der Waals surface area contributed by atoms with Crippen LogP contribution in [0.1, 0.15) is 29.3 Å². The van der Waals surface area contributed by atoms with Gasteiger partial charge in [-0.15, -0.1) is 0 Å². The zero-order chi connectivity index (χ0) is 13.5. The maximum atomic E-state index is 11.7. The van der Waals surface area contributed by atoms with E-state index in [-0.39, 0.29) is 12.5 Å². The zero-order valence-corrected chi connectivity index (χ0v) is 10.2. The number of aliphatic hydroxyl groups excluding tert-OH is 1. The molecule has 0 fully saturated rings. The predicted octanol–water partition coefficient (Wildman–Crippen LogP) is 1.02. The highest BCUT2D eigenvalue weighted by molar-refractivity contribution is 5.94. The van der Waals surface area contributed by atoms with Gasteiger partial charge in [0.05, 0.1) is 12.5 Å². The van der Waals surface area contributed by atoms with Crippen LogP contribution >= 0.6 is 0 Å². The Kier molecular flexibility index (Phi) is 5.32. The fraction of sp³-hybridized carbons (Fsp3) is 0.385. The van der Waals surface area contributed by atoms with Crippen LogP contribution in [0.25, 0.3) is 0 Å². The second kappa shape index (κ2) is 6.76. The van der Waals surface area contributed by atoms with E-state index >= 15 is 0 Å². The van der Waals surface area contributed by atoms with E-state index in [2.05, 4.69) is 5.32 Å². The van der Waals surface area contributed by atoms with Crippen molar-refractivity contribution in [2.75, 3.05) is 6.54 Å². The molecule has 0 aromatic heterocycles. The summed E-state index contributed by atoms with van der Waals surface area (Å²) in [6.07, 6.45) is 0.399. The lowest BCUT2D eigenvalue weighted by atomic mass is 10.1. The van der Waals surface area contributed by atoms with E-state index in [1.165, 1.54) is 0 Å². The molecule has 5 nitrogen and oxygen atoms in total. The van der Waals surface area contributed by atoms with Gasteiger partial charge in [-0.1, -0.05) is 19.1 Å². The molecule has 5 heteroatoms. The summed E-state index contributed by atoms with van der Waals surface area (Å²) >= 11 is 0. The normalized spacial score (nSPS) is 11.9. The van der Waals surface area contributed by atoms with Crippen molar-refractivity contribution in [3.8, 4) is 0 Å². The molecule has 0 heterocycles. The lowest BCUT2D eigenvalue weighted by Gasteiger charge is -2.08. The van der Waals surface area contributed by atoms with Crippen LogP contribution in [0.15, 0.2) is 24.3 Å². The second-order valence-electron chi connectivity index (χ2n) is 4.14. The minimum absolute atomic E-state index is 0.0575. The highest BCUT2D eigenvalue weighted by Crippen LogP contribution is 2.05. The molecule has 1 rings (SSSR count). The lowest BCUT2D eigenvalue weighted by Crippen LogP contribution is -2.27. The third kappa shape index (κ3) is 4.18. The summed E-state index contributed by atoms with van der Waals surface area (Å²) in [7, 11) is 0. The number of carbonyl (C=O) groups excluding carboxylic acids is 1. The molecule has 1 atom stereocenters. The van der Waals surface area contributed by atoms with Gasteiger partial charge in [0, 0.05) is 12.1 Å². The molecule has 1 amide bonds. The molecule has 0 aliphatic rings. The first-order valence-corrected chi connectivity index (χ1v) is 5.75. The van der Waals surface area contributed by atoms with Crippen LogP contribution in [0, 0.1) is 5.92 Å². The van der Waals surface area contributed by atoms with Gasteiger partial charge in [0.25, 0.3) is 5.91 Å². The van der Waals surface area contributed by atoms with Gasteiger partial charge < -0.3 is 15.5 Å². The number of carbonyl (C=O) groups is 2. The molecule has 0 saturated carbocycles. The van der Waals surface area contributed by atoms with E-state index in [0.29, 0.717) is 18.5 Å². The second-order valence-corrected chi connectivity index (χ2v) is 4.14. The number of aliphatic carboxylic acids is 1. The van der Waals surface area contributed by atoms with Crippen molar-refractivity contribution in [3.63, 3.8) is 0 Å². The van der Waals surface area contributed by atoms with Crippen LogP contribution in [0.4, 0.5) is 0 Å². The molecule has 0 spiro atoms. The minimum Gasteiger partial charge on any atom is -0.481 e. The first kappa shape index (κ1) is 14.2. The number of aliphatic hydroxyl groups is 1. The standard InChI is InChI=1S/C13H17NO4/c1-9(13(17)18)6-7-14-12(16)11-4-2-10(8-15)3-5-11/h2-5,9,15H,6-8H2,1H3,(H,14,16)(H,17,18). The molecule has 1 unspecified atom stereocenters. The maximum Gasteiger partial charge on any atom is 0.306 e. The molecular weight excluding hydrogens is 234 g/mol. The Balaban J connectivity index is 2.42. The smallest absolute Gasteiger partial charge is 0.306 e. The van der Waals surface area contributed by atoms with Gasteiger partial charge in [0.15, 0.2) is 0 Å². The first-order valence-electron chi connectivity index (χ1n) is 5.75. The molecule has 1 aromatic carbocycles. The van der Waals surface area contributed by atoms with Crippen LogP contribution in [0.5, 0.6) is 0 Å². The molecule has 3 N–H and O–H groups in total. The van der Waals surface area contributed by atoms with Crippen molar-refractivity contribution in [3.05, 3.63) is 35.4 Å². The van der Waals surface area contributed by atoms with Gasteiger partial charge >= 0.3 is 5.97 Å². The van der Waals surface area contributed by atoms with Gasteiger partial charge in [-0.3, -0.25) is 9.59 Å². The van der Waals surface area contributed by atoms with Crippen molar-refractivity contribution in [2.24, 2.45) is 5.92 Å². The molecule has 0 saturated heterocycles. The molecule has 18 heavy (non-hydrogen) atoms. The Labute approximate surface area is 105 Å². The van der Waals surface area contributed by atoms with Crippen LogP contribution in [-0.4, -0.2) is 28.6 Å². The lowest BCUT2D eigenvalue weighted by molar-refractivity contribution is -0.141. The Morgan fingerprint density at radius 2 is 1.89 bits per heavy atom. The van der Waals surface area contributed by atoms with Crippen molar-refractivity contribution >= 4 is 11.9 Å². The largest absolute Gasteiger partial charge is 0.481 e. The van der Waals surface area contributed by atoms with E-state index in [1.807, 2.05) is 0 Å². The number of nitrogens with one attached hydrogen (secondary N) is 1. The molecule has 1 aromatic rings. The van der Waals surface area contributed by atoms with Gasteiger partial charge in [0.1, 0.15) is 0 Å². The molecule has 0 aliphatic carbocycles. The summed E-state index contributed by atoms with van der Waals surface area (Å²) in [5, 5.41) is 20.2. The average molecular weight is 251 g/mol. The Bertz CT molecular complexity index is 414. The number of carboxylic acid groups (broad SMARTS) is 1. The van der Waals surface area contributed by atoms with Gasteiger partial charge in [-0.2, -0.15) is 0 Å². The van der Waals surface area contributed by atoms with E-state index in [9.17, 15) is 9.59 Å². The van der Waals surface area contributed by atoms with Crippen molar-refractivity contribution in [2.45, 2.75) is 20.0 Å². The summed E-state index contributed by atoms with van der Waals surface area (Å²) in [6.45, 7) is 1.87. The first-order chi connectivity index (χ1) is 8.54. The zero-order valence-electron chi connectivity index (χ0n) is 10.2. The summed E-state index contributed by atoms with van der Waals surface area (Å²) < 4.78 is 0. The van der Waals surface area contributed by atoms with Crippen LogP contribution in [0.2, 0.25) is 0 Å². The Hall–Kier alpha value is -1.88. The third-order valence-corrected chi connectivity index (χ3v) is 2.68. The van der Waals surface area contributed by atoms with Crippen LogP contribution in [0.3, 0.4) is 0 Å². The van der Waals surface area contributed by atoms with Gasteiger partial charge in [-0.05, 0) is 24.1 Å². The van der Waals surface area contributed by atoms with Crippen LogP contribution < -0.4 is 5.32 Å². The van der Waals surface area contributed by atoms with E-state index < -0.39 is 11.9 Å². The van der Waals surface area contributed by atoms with Crippen molar-refractivity contribution in [1.29, 1.82) is 0 Å². The van der Waals surface area contributed by atoms with E-state index in [4.69, 9.17) is 10.2 Å². The number of hydrogen-bond donors (Lipinski definition) is 3. The Morgan fingerprint density at radius 3 is 2.39 bits per heavy atom. The fourth-order valence-electron chi connectivity index (χ4n) is 1.39. The van der Waals surface area contributed by atoms with E-state index in [1.54, 1.807) is 31.2 Å². The maximum absolute atomic E-state index is 11.7. The monoisotopic (exact) mass is 251 g/mol. The topological polar surface area (TPSA) is 86.6 Å². The number of hydrogen-bond acceptors (Lipinski definition) is 3. The summed E-state index contributed by atoms with van der Waals surface area (Å²) in [4.78, 5) is 22.3. The molecular formula is C13H17NO4. The molecule has 98 valence electrons. The van der Waals surface area contributed by atoms with Crippen LogP contribution in [-0.2, 0) is 11.4 Å². The highest BCUT2D eigenvalue weighted by atomic mass is 16.4. The van der Waals surface area contributed by atoms with Crippen molar-refractivity contribution in [1.82, 2.24) is 5.32 Å². The number of carboxylic acids is 1. The average Bonchev–Trinajstić information content (AvgIpc) is 2.38. The molecule has 0 bridgehead atoms. The van der Waals surface area contributed by atoms with Gasteiger partial charge in [0.2, 0.25) is 0 Å². The minimum atomic E-state index is -0.864. The SMILES string of the molecule is CC(CCNC(=O)c1ccc(CO)cc1)C(=O)O. The third-order valence-electron chi connectivity index (χ3n) is 2.68. The number of amides is 1. The summed E-state index contributed by atoms with van der Waals surface area (Å²) in [6, 6.07) is 6.60.